The Kier molecular flexibility index (Phi) is 5.14. The van der Waals surface area contributed by atoms with E-state index in [0.29, 0.717) is 25.2 Å². The summed E-state index contributed by atoms with van der Waals surface area (Å²) in [6, 6.07) is 5.32. The van der Waals surface area contributed by atoms with E-state index in [-0.39, 0.29) is 18.8 Å². The van der Waals surface area contributed by atoms with Crippen LogP contribution in [0.1, 0.15) is 39.7 Å². The highest BCUT2D eigenvalue weighted by Crippen LogP contribution is 2.40. The van der Waals surface area contributed by atoms with Crippen LogP contribution in [-0.2, 0) is 34.9 Å². The fourth-order valence-corrected chi connectivity index (χ4v) is 4.50. The van der Waals surface area contributed by atoms with E-state index < -0.39 is 36.1 Å². The van der Waals surface area contributed by atoms with Crippen LogP contribution in [-0.4, -0.2) is 61.5 Å². The maximum Gasteiger partial charge on any atom is 0.231 e. The van der Waals surface area contributed by atoms with Gasteiger partial charge in [-0.15, -0.1) is 0 Å². The molecule has 0 aromatic heterocycles. The van der Waals surface area contributed by atoms with Gasteiger partial charge >= 0.3 is 0 Å². The van der Waals surface area contributed by atoms with Crippen molar-refractivity contribution in [3.63, 3.8) is 0 Å². The van der Waals surface area contributed by atoms with Crippen LogP contribution in [0.4, 0.5) is 0 Å². The van der Waals surface area contributed by atoms with Gasteiger partial charge in [-0.1, -0.05) is 6.07 Å². The highest BCUT2D eigenvalue weighted by atomic mass is 16.8. The quantitative estimate of drug-likeness (QED) is 0.749. The Morgan fingerprint density at radius 1 is 1.03 bits per heavy atom. The fraction of sp³-hybridized carbons (Fsp3) is 0.682. The van der Waals surface area contributed by atoms with E-state index in [1.807, 2.05) is 45.9 Å². The van der Waals surface area contributed by atoms with E-state index in [4.69, 9.17) is 33.2 Å². The molecule has 0 saturated carbocycles. The predicted octanol–water partition coefficient (Wildman–Crippen LogP) is 1.86. The van der Waals surface area contributed by atoms with Gasteiger partial charge in [-0.05, 0) is 51.8 Å². The number of carbonyl (C=O) groups excluding carboxylic acids is 1. The normalized spacial score (nSPS) is 34.6. The number of hydrogen-bond donors (Lipinski definition) is 1. The fourth-order valence-electron chi connectivity index (χ4n) is 4.50. The zero-order valence-electron chi connectivity index (χ0n) is 18.2. The lowest BCUT2D eigenvalue weighted by Crippen LogP contribution is -2.52. The number of aryl methyl sites for hydroxylation is 1. The zero-order chi connectivity index (χ0) is 21.8. The van der Waals surface area contributed by atoms with Crippen LogP contribution in [0.2, 0.25) is 0 Å². The number of amides is 1. The van der Waals surface area contributed by atoms with Crippen molar-refractivity contribution in [1.29, 1.82) is 0 Å². The van der Waals surface area contributed by atoms with Crippen molar-refractivity contribution < 1.29 is 38.0 Å². The van der Waals surface area contributed by atoms with Gasteiger partial charge in [-0.2, -0.15) is 0 Å². The van der Waals surface area contributed by atoms with Crippen molar-refractivity contribution in [2.24, 2.45) is 0 Å². The topological polar surface area (TPSA) is 93.7 Å². The smallest absolute Gasteiger partial charge is 0.231 e. The first-order chi connectivity index (χ1) is 14.7. The average Bonchev–Trinajstić information content (AvgIpc) is 3.43. The molecule has 0 radical (unpaired) electrons. The molecule has 4 aliphatic rings. The molecule has 0 bridgehead atoms. The Bertz CT molecular complexity index is 856. The van der Waals surface area contributed by atoms with Crippen molar-refractivity contribution in [3.8, 4) is 11.5 Å². The van der Waals surface area contributed by atoms with Crippen LogP contribution in [0.15, 0.2) is 18.2 Å². The summed E-state index contributed by atoms with van der Waals surface area (Å²) < 4.78 is 40.5. The van der Waals surface area contributed by atoms with Crippen molar-refractivity contribution in [3.05, 3.63) is 23.8 Å². The summed E-state index contributed by atoms with van der Waals surface area (Å²) in [4.78, 5) is 12.9. The van der Waals surface area contributed by atoms with Crippen molar-refractivity contribution in [2.75, 3.05) is 13.4 Å². The molecule has 1 amide bonds. The minimum atomic E-state index is -0.776. The van der Waals surface area contributed by atoms with Gasteiger partial charge in [0.05, 0.1) is 12.6 Å². The molecule has 31 heavy (non-hydrogen) atoms. The van der Waals surface area contributed by atoms with E-state index in [9.17, 15) is 4.79 Å². The van der Waals surface area contributed by atoms with Gasteiger partial charge in [0.1, 0.15) is 18.3 Å². The van der Waals surface area contributed by atoms with Gasteiger partial charge in [0.15, 0.2) is 29.4 Å². The molecule has 0 unspecified atom stereocenters. The molecule has 4 aliphatic heterocycles. The largest absolute Gasteiger partial charge is 0.454 e. The van der Waals surface area contributed by atoms with Gasteiger partial charge in [-0.3, -0.25) is 4.79 Å². The maximum atomic E-state index is 12.9. The molecule has 0 aliphatic carbocycles. The third kappa shape index (κ3) is 4.25. The molecule has 4 heterocycles. The summed E-state index contributed by atoms with van der Waals surface area (Å²) in [5.74, 6) is -0.121. The van der Waals surface area contributed by atoms with Crippen LogP contribution >= 0.6 is 0 Å². The molecule has 170 valence electrons. The van der Waals surface area contributed by atoms with E-state index in [0.717, 1.165) is 11.3 Å². The molecule has 1 aromatic carbocycles. The Morgan fingerprint density at radius 3 is 2.61 bits per heavy atom. The number of ether oxygens (including phenoxy) is 7. The number of carbonyl (C=O) groups is 1. The molecular weight excluding hydrogens is 406 g/mol. The lowest BCUT2D eigenvalue weighted by atomic mass is 10.0. The molecule has 5 rings (SSSR count). The summed E-state index contributed by atoms with van der Waals surface area (Å²) in [5.41, 5.74) is 1.01. The van der Waals surface area contributed by atoms with Crippen LogP contribution in [0.25, 0.3) is 0 Å². The highest BCUT2D eigenvalue weighted by molar-refractivity contribution is 5.76. The third-order valence-electron chi connectivity index (χ3n) is 5.89. The Balaban J connectivity index is 1.25. The molecule has 5 atom stereocenters. The first-order valence-electron chi connectivity index (χ1n) is 10.7. The van der Waals surface area contributed by atoms with E-state index in [1.54, 1.807) is 0 Å². The van der Waals surface area contributed by atoms with Gasteiger partial charge in [-0.25, -0.2) is 0 Å². The molecule has 0 spiro atoms. The summed E-state index contributed by atoms with van der Waals surface area (Å²) >= 11 is 0. The molecule has 3 saturated heterocycles. The van der Waals surface area contributed by atoms with E-state index in [1.165, 1.54) is 0 Å². The number of rotatable bonds is 5. The summed E-state index contributed by atoms with van der Waals surface area (Å²) in [6.45, 7) is 7.99. The van der Waals surface area contributed by atoms with Gasteiger partial charge in [0, 0.05) is 6.42 Å². The second kappa shape index (κ2) is 7.60. The second-order valence-electron chi connectivity index (χ2n) is 9.22. The second-order valence-corrected chi connectivity index (χ2v) is 9.22. The van der Waals surface area contributed by atoms with Crippen LogP contribution in [0.3, 0.4) is 0 Å². The SMILES string of the molecule is CC1(C)O[C@H]2O[C@H]([C@H]3COC(C)(C)O3)[C@@H](NC(=O)CCc3ccc4c(c3)OCO4)[C@H]2O1. The Morgan fingerprint density at radius 2 is 1.84 bits per heavy atom. The van der Waals surface area contributed by atoms with Crippen LogP contribution < -0.4 is 14.8 Å². The Hall–Kier alpha value is -1.91. The minimum Gasteiger partial charge on any atom is -0.454 e. The van der Waals surface area contributed by atoms with E-state index in [2.05, 4.69) is 5.32 Å². The molecule has 1 aromatic rings. The minimum absolute atomic E-state index is 0.0941. The monoisotopic (exact) mass is 435 g/mol. The van der Waals surface area contributed by atoms with Gasteiger partial charge in [0.2, 0.25) is 12.7 Å². The summed E-state index contributed by atoms with van der Waals surface area (Å²) in [6.07, 6.45) is -0.836. The number of fused-ring (bicyclic) bond motifs is 2. The van der Waals surface area contributed by atoms with Crippen LogP contribution in [0, 0.1) is 0 Å². The number of benzene rings is 1. The highest BCUT2D eigenvalue weighted by Gasteiger charge is 2.58. The maximum absolute atomic E-state index is 12.9. The molecule has 1 N–H and O–H groups in total. The van der Waals surface area contributed by atoms with Crippen LogP contribution in [0.5, 0.6) is 11.5 Å². The van der Waals surface area contributed by atoms with E-state index >= 15 is 0 Å². The summed E-state index contributed by atoms with van der Waals surface area (Å²) in [7, 11) is 0. The summed E-state index contributed by atoms with van der Waals surface area (Å²) in [5, 5.41) is 3.10. The van der Waals surface area contributed by atoms with Gasteiger partial charge in [0.25, 0.3) is 0 Å². The molecule has 3 fully saturated rings. The predicted molar refractivity (Wildman–Crippen MR) is 106 cm³/mol. The molecule has 9 nitrogen and oxygen atoms in total. The third-order valence-corrected chi connectivity index (χ3v) is 5.89. The molecular formula is C22H29NO8. The lowest BCUT2D eigenvalue weighted by Gasteiger charge is -2.29. The zero-order valence-corrected chi connectivity index (χ0v) is 18.2. The lowest BCUT2D eigenvalue weighted by molar-refractivity contribution is -0.223. The Labute approximate surface area is 181 Å². The number of nitrogens with one attached hydrogen (secondary N) is 1. The van der Waals surface area contributed by atoms with Crippen molar-refractivity contribution in [2.45, 2.75) is 82.8 Å². The first kappa shape index (κ1) is 21.0. The molecule has 9 heteroatoms. The van der Waals surface area contributed by atoms with Crippen molar-refractivity contribution >= 4 is 5.91 Å². The first-order valence-corrected chi connectivity index (χ1v) is 10.7. The average molecular weight is 435 g/mol. The number of hydrogen-bond acceptors (Lipinski definition) is 8. The van der Waals surface area contributed by atoms with Crippen molar-refractivity contribution in [1.82, 2.24) is 5.32 Å². The standard InChI is InChI=1S/C22H29NO8/c1-21(2)27-10-15(29-21)18-17(19-20(28-18)31-22(3,4)30-19)23-16(24)8-6-12-5-7-13-14(9-12)26-11-25-13/h5,7,9,15,17-20H,6,8,10-11H2,1-4H3,(H,23,24)/t15-,17-,18-,19-,20-/m1/s1. The van der Waals surface area contributed by atoms with Gasteiger partial charge < -0.3 is 38.5 Å².